The van der Waals surface area contributed by atoms with Crippen molar-refractivity contribution in [3.63, 3.8) is 0 Å². The van der Waals surface area contributed by atoms with Gasteiger partial charge >= 0.3 is 0 Å². The van der Waals surface area contributed by atoms with E-state index in [2.05, 4.69) is 20.5 Å². The zero-order valence-corrected chi connectivity index (χ0v) is 18.8. The number of nitrogens with zero attached hydrogens (tertiary/aromatic N) is 4. The number of rotatable bonds is 5. The highest BCUT2D eigenvalue weighted by Gasteiger charge is 2.48. The van der Waals surface area contributed by atoms with Crippen LogP contribution in [0.25, 0.3) is 11.4 Å². The van der Waals surface area contributed by atoms with E-state index in [0.717, 1.165) is 29.6 Å². The van der Waals surface area contributed by atoms with Crippen molar-refractivity contribution in [3.8, 4) is 5.82 Å². The Bertz CT molecular complexity index is 1300. The molecular weight excluding hydrogens is 466 g/mol. The summed E-state index contributed by atoms with van der Waals surface area (Å²) in [5, 5.41) is 10.5. The number of nitrogen functional groups attached to an aromatic ring is 1. The summed E-state index contributed by atoms with van der Waals surface area (Å²) in [4.78, 5) is 18.5. The molecule has 2 aliphatic carbocycles. The van der Waals surface area contributed by atoms with Gasteiger partial charge < -0.3 is 11.1 Å². The normalized spacial score (nSPS) is 20.5. The molecule has 0 aliphatic heterocycles. The largest absolute Gasteiger partial charge is 0.398 e. The standard InChI is InChI=1S/C23H19Cl2FN6O/c24-18-9-14(12-28-21(18)32-29-7-8-30-32)31-22(33)23(26)11-17(13-5-6-13)16(10-20(23)25)15-3-1-2-4-19(15)27/h1-4,7-10,12-13H,5-6,11,27H2,(H,31,33). The molecule has 2 heterocycles. The van der Waals surface area contributed by atoms with Crippen LogP contribution in [0.1, 0.15) is 24.8 Å². The molecule has 2 aromatic heterocycles. The summed E-state index contributed by atoms with van der Waals surface area (Å²) in [6, 6.07) is 8.83. The number of halogens is 3. The van der Waals surface area contributed by atoms with Gasteiger partial charge in [0.25, 0.3) is 5.91 Å². The Balaban J connectivity index is 1.43. The summed E-state index contributed by atoms with van der Waals surface area (Å²) >= 11 is 12.6. The SMILES string of the molecule is Nc1ccccc1C1=C(C2CC2)CC(F)(C(=O)Nc2cnc(-n3nccn3)c(Cl)c2)C(Cl)=C1. The zero-order chi connectivity index (χ0) is 23.2. The lowest BCUT2D eigenvalue weighted by atomic mass is 9.81. The molecule has 2 aliphatic rings. The molecule has 3 N–H and O–H groups in total. The highest BCUT2D eigenvalue weighted by atomic mass is 35.5. The molecule has 5 rings (SSSR count). The minimum atomic E-state index is -2.42. The third-order valence-electron chi connectivity index (χ3n) is 5.80. The number of para-hydroxylation sites is 1. The molecule has 0 bridgehead atoms. The van der Waals surface area contributed by atoms with Crippen molar-refractivity contribution in [1.29, 1.82) is 0 Å². The minimum Gasteiger partial charge on any atom is -0.398 e. The van der Waals surface area contributed by atoms with Crippen molar-refractivity contribution in [2.45, 2.75) is 24.9 Å². The lowest BCUT2D eigenvalue weighted by Crippen LogP contribution is -2.41. The Morgan fingerprint density at radius 3 is 2.61 bits per heavy atom. The number of anilines is 2. The fourth-order valence-corrected chi connectivity index (χ4v) is 4.46. The molecule has 1 atom stereocenters. The van der Waals surface area contributed by atoms with E-state index in [0.29, 0.717) is 5.69 Å². The van der Waals surface area contributed by atoms with Crippen molar-refractivity contribution in [2.24, 2.45) is 5.92 Å². The van der Waals surface area contributed by atoms with Gasteiger partial charge in [-0.25, -0.2) is 9.37 Å². The average Bonchev–Trinajstić information content (AvgIpc) is 3.50. The number of alkyl halides is 1. The molecular formula is C23H19Cl2FN6O. The Morgan fingerprint density at radius 1 is 1.21 bits per heavy atom. The number of amides is 1. The molecule has 1 amide bonds. The lowest BCUT2D eigenvalue weighted by Gasteiger charge is -2.31. The summed E-state index contributed by atoms with van der Waals surface area (Å²) in [6.45, 7) is 0. The fourth-order valence-electron chi connectivity index (χ4n) is 3.96. The number of hydrogen-bond acceptors (Lipinski definition) is 5. The van der Waals surface area contributed by atoms with E-state index >= 15 is 4.39 Å². The molecule has 1 aromatic carbocycles. The van der Waals surface area contributed by atoms with Crippen molar-refractivity contribution < 1.29 is 9.18 Å². The highest BCUT2D eigenvalue weighted by Crippen LogP contribution is 2.51. The van der Waals surface area contributed by atoms with Gasteiger partial charge in [0.05, 0.1) is 34.3 Å². The van der Waals surface area contributed by atoms with E-state index < -0.39 is 11.6 Å². The van der Waals surface area contributed by atoms with Gasteiger partial charge in [-0.05, 0) is 42.5 Å². The van der Waals surface area contributed by atoms with Gasteiger partial charge in [0, 0.05) is 17.7 Å². The Kier molecular flexibility index (Phi) is 5.42. The second-order valence-corrected chi connectivity index (χ2v) is 8.89. The maximum Gasteiger partial charge on any atom is 0.268 e. The molecule has 33 heavy (non-hydrogen) atoms. The molecule has 1 fully saturated rings. The lowest BCUT2D eigenvalue weighted by molar-refractivity contribution is -0.124. The minimum absolute atomic E-state index is 0.140. The van der Waals surface area contributed by atoms with Crippen LogP contribution in [-0.4, -0.2) is 31.6 Å². The quantitative estimate of drug-likeness (QED) is 0.499. The van der Waals surface area contributed by atoms with Crippen LogP contribution in [0, 0.1) is 5.92 Å². The Labute approximate surface area is 199 Å². The van der Waals surface area contributed by atoms with Gasteiger partial charge in [-0.2, -0.15) is 10.2 Å². The van der Waals surface area contributed by atoms with Crippen LogP contribution in [0.5, 0.6) is 0 Å². The third-order valence-corrected chi connectivity index (χ3v) is 6.49. The van der Waals surface area contributed by atoms with E-state index in [4.69, 9.17) is 28.9 Å². The highest BCUT2D eigenvalue weighted by molar-refractivity contribution is 6.34. The molecule has 7 nitrogen and oxygen atoms in total. The summed E-state index contributed by atoms with van der Waals surface area (Å²) in [6.07, 6.45) is 7.61. The van der Waals surface area contributed by atoms with Crippen molar-refractivity contribution in [2.75, 3.05) is 11.1 Å². The predicted octanol–water partition coefficient (Wildman–Crippen LogP) is 4.93. The third kappa shape index (κ3) is 4.00. The number of benzene rings is 1. The molecule has 1 unspecified atom stereocenters. The molecule has 0 radical (unpaired) electrons. The van der Waals surface area contributed by atoms with Gasteiger partial charge in [-0.1, -0.05) is 47.0 Å². The van der Waals surface area contributed by atoms with E-state index in [1.54, 1.807) is 6.07 Å². The number of hydrogen-bond donors (Lipinski definition) is 2. The van der Waals surface area contributed by atoms with E-state index in [1.165, 1.54) is 35.5 Å². The summed E-state index contributed by atoms with van der Waals surface area (Å²) in [5.74, 6) is -0.389. The summed E-state index contributed by atoms with van der Waals surface area (Å²) in [5.41, 5.74) is 7.00. The maximum atomic E-state index is 16.1. The smallest absolute Gasteiger partial charge is 0.268 e. The number of carbonyl (C=O) groups is 1. The maximum absolute atomic E-state index is 16.1. The second kappa shape index (κ2) is 8.28. The molecule has 1 saturated carbocycles. The number of pyridine rings is 1. The molecule has 3 aromatic rings. The number of nitrogens with two attached hydrogens (primary N) is 1. The van der Waals surface area contributed by atoms with Crippen LogP contribution in [-0.2, 0) is 4.79 Å². The Morgan fingerprint density at radius 2 is 1.94 bits per heavy atom. The number of aromatic nitrogens is 4. The molecule has 10 heteroatoms. The molecule has 0 saturated heterocycles. The first kappa shape index (κ1) is 21.6. The van der Waals surface area contributed by atoms with Crippen molar-refractivity contribution in [1.82, 2.24) is 20.0 Å². The van der Waals surface area contributed by atoms with Crippen LogP contribution in [0.15, 0.2) is 65.6 Å². The summed E-state index contributed by atoms with van der Waals surface area (Å²) < 4.78 is 16.1. The zero-order valence-electron chi connectivity index (χ0n) is 17.3. The predicted molar refractivity (Wildman–Crippen MR) is 126 cm³/mol. The van der Waals surface area contributed by atoms with E-state index in [9.17, 15) is 4.79 Å². The topological polar surface area (TPSA) is 98.7 Å². The van der Waals surface area contributed by atoms with Gasteiger partial charge in [0.15, 0.2) is 5.82 Å². The van der Waals surface area contributed by atoms with Gasteiger partial charge in [0.2, 0.25) is 5.67 Å². The number of nitrogens with one attached hydrogen (secondary N) is 1. The van der Waals surface area contributed by atoms with E-state index in [1.807, 2.05) is 18.2 Å². The van der Waals surface area contributed by atoms with Crippen LogP contribution in [0.4, 0.5) is 15.8 Å². The van der Waals surface area contributed by atoms with Crippen LogP contribution in [0.3, 0.4) is 0 Å². The van der Waals surface area contributed by atoms with Crippen LogP contribution < -0.4 is 11.1 Å². The summed E-state index contributed by atoms with van der Waals surface area (Å²) in [7, 11) is 0. The first-order valence-corrected chi connectivity index (χ1v) is 11.1. The second-order valence-electron chi connectivity index (χ2n) is 8.07. The first-order valence-electron chi connectivity index (χ1n) is 10.3. The number of allylic oxidation sites excluding steroid dienone is 3. The number of carbonyl (C=O) groups excluding carboxylic acids is 1. The van der Waals surface area contributed by atoms with Gasteiger partial charge in [0.1, 0.15) is 0 Å². The fraction of sp³-hybridized carbons (Fsp3) is 0.217. The molecule has 0 spiro atoms. The molecule has 168 valence electrons. The van der Waals surface area contributed by atoms with E-state index in [-0.39, 0.29) is 33.9 Å². The monoisotopic (exact) mass is 484 g/mol. The first-order chi connectivity index (χ1) is 15.9. The van der Waals surface area contributed by atoms with Crippen molar-refractivity contribution in [3.05, 3.63) is 76.2 Å². The Hall–Kier alpha value is -3.23. The van der Waals surface area contributed by atoms with Gasteiger partial charge in [-0.3, -0.25) is 4.79 Å². The average molecular weight is 485 g/mol. The van der Waals surface area contributed by atoms with Crippen LogP contribution >= 0.6 is 23.2 Å². The van der Waals surface area contributed by atoms with Gasteiger partial charge in [-0.15, -0.1) is 4.80 Å². The van der Waals surface area contributed by atoms with Crippen molar-refractivity contribution >= 4 is 46.1 Å². The van der Waals surface area contributed by atoms with Crippen LogP contribution in [0.2, 0.25) is 5.02 Å².